The average molecular weight is 318 g/mol. The van der Waals surface area contributed by atoms with Gasteiger partial charge in [-0.15, -0.1) is 0 Å². The summed E-state index contributed by atoms with van der Waals surface area (Å²) in [6.45, 7) is 1.82. The Morgan fingerprint density at radius 1 is 0.947 bits per heavy atom. The van der Waals surface area contributed by atoms with Gasteiger partial charge >= 0.3 is 0 Å². The molecule has 2 aromatic rings. The molecule has 2 rings (SSSR count). The Labute approximate surface area is 122 Å². The minimum Gasteiger partial charge on any atom is -0.344 e. The number of hydrogen-bond donors (Lipinski definition) is 1. The van der Waals surface area contributed by atoms with Crippen molar-refractivity contribution in [2.45, 2.75) is 17.8 Å². The van der Waals surface area contributed by atoms with Gasteiger partial charge in [-0.25, -0.2) is 0 Å². The molecule has 19 heavy (non-hydrogen) atoms. The maximum absolute atomic E-state index is 11.9. The molecule has 1 atom stereocenters. The van der Waals surface area contributed by atoms with E-state index < -0.39 is 0 Å². The molecule has 0 aliphatic heterocycles. The van der Waals surface area contributed by atoms with Crippen molar-refractivity contribution in [1.82, 2.24) is 5.32 Å². The molecule has 0 radical (unpaired) electrons. The van der Waals surface area contributed by atoms with Crippen LogP contribution in [-0.4, -0.2) is 10.7 Å². The second kappa shape index (κ2) is 6.53. The number of carbonyl (C=O) groups excluding carboxylic acids is 1. The number of halogens is 1. The lowest BCUT2D eigenvalue weighted by Crippen LogP contribution is -2.33. The van der Waals surface area contributed by atoms with Crippen molar-refractivity contribution in [3.63, 3.8) is 0 Å². The summed E-state index contributed by atoms with van der Waals surface area (Å²) in [5, 5.41) is 3.06. The zero-order valence-corrected chi connectivity index (χ0v) is 12.3. The van der Waals surface area contributed by atoms with E-state index in [4.69, 9.17) is 0 Å². The van der Waals surface area contributed by atoms with Crippen molar-refractivity contribution in [3.8, 4) is 0 Å². The molecule has 0 aliphatic rings. The largest absolute Gasteiger partial charge is 0.344 e. The van der Waals surface area contributed by atoms with Crippen LogP contribution in [0.1, 0.15) is 24.1 Å². The minimum absolute atomic E-state index is 0.0160. The van der Waals surface area contributed by atoms with Gasteiger partial charge in [0, 0.05) is 0 Å². The minimum atomic E-state index is -0.206. The van der Waals surface area contributed by atoms with Crippen LogP contribution < -0.4 is 5.32 Å². The maximum atomic E-state index is 11.9. The van der Waals surface area contributed by atoms with Gasteiger partial charge in [-0.05, 0) is 18.1 Å². The fourth-order valence-corrected chi connectivity index (χ4v) is 2.04. The highest BCUT2D eigenvalue weighted by molar-refractivity contribution is 9.10. The molecule has 0 bridgehead atoms. The summed E-state index contributed by atoms with van der Waals surface area (Å²) in [5.74, 6) is -0.0160. The summed E-state index contributed by atoms with van der Waals surface area (Å²) in [6, 6.07) is 19.9. The predicted molar refractivity (Wildman–Crippen MR) is 81.3 cm³/mol. The molecule has 0 saturated carbocycles. The fourth-order valence-electron chi connectivity index (χ4n) is 1.91. The second-order valence-electron chi connectivity index (χ2n) is 4.38. The molecule has 1 unspecified atom stereocenters. The van der Waals surface area contributed by atoms with E-state index in [0.29, 0.717) is 0 Å². The first-order valence-electron chi connectivity index (χ1n) is 6.23. The van der Waals surface area contributed by atoms with Crippen molar-refractivity contribution < 1.29 is 4.79 Å². The summed E-state index contributed by atoms with van der Waals surface area (Å²) in [5.41, 5.74) is 2.16. The lowest BCUT2D eigenvalue weighted by Gasteiger charge is -2.20. The highest BCUT2D eigenvalue weighted by Gasteiger charge is 2.18. The first-order valence-corrected chi connectivity index (χ1v) is 7.14. The van der Waals surface area contributed by atoms with Crippen LogP contribution in [0.5, 0.6) is 0 Å². The average Bonchev–Trinajstić information content (AvgIpc) is 2.46. The first kappa shape index (κ1) is 13.8. The van der Waals surface area contributed by atoms with Crippen molar-refractivity contribution >= 4 is 21.8 Å². The molecule has 2 nitrogen and oxygen atoms in total. The lowest BCUT2D eigenvalue weighted by atomic mass is 9.98. The molecule has 0 saturated heterocycles. The van der Waals surface area contributed by atoms with Crippen LogP contribution in [0.2, 0.25) is 0 Å². The van der Waals surface area contributed by atoms with Crippen molar-refractivity contribution in [2.75, 3.05) is 0 Å². The third kappa shape index (κ3) is 3.67. The summed E-state index contributed by atoms with van der Waals surface area (Å²) >= 11 is 3.30. The summed E-state index contributed by atoms with van der Waals surface area (Å²) in [4.78, 5) is 11.7. The number of nitrogens with one attached hydrogen (secondary N) is 1. The Morgan fingerprint density at radius 3 is 1.74 bits per heavy atom. The van der Waals surface area contributed by atoms with E-state index in [1.165, 1.54) is 0 Å². The summed E-state index contributed by atoms with van der Waals surface area (Å²) in [6.07, 6.45) is 0. The molecular weight excluding hydrogens is 302 g/mol. The van der Waals surface area contributed by atoms with Crippen LogP contribution in [0.3, 0.4) is 0 Å². The van der Waals surface area contributed by atoms with Crippen LogP contribution in [0.25, 0.3) is 0 Å². The Balaban J connectivity index is 2.32. The Hall–Kier alpha value is -1.61. The number of carbonyl (C=O) groups is 1. The molecule has 1 N–H and O–H groups in total. The third-order valence-electron chi connectivity index (χ3n) is 2.91. The van der Waals surface area contributed by atoms with E-state index in [1.807, 2.05) is 67.6 Å². The molecule has 0 fully saturated rings. The highest BCUT2D eigenvalue weighted by atomic mass is 79.9. The number of rotatable bonds is 4. The molecule has 0 heterocycles. The normalized spacial score (nSPS) is 12.2. The van der Waals surface area contributed by atoms with E-state index in [9.17, 15) is 4.79 Å². The summed E-state index contributed by atoms with van der Waals surface area (Å²) in [7, 11) is 0. The van der Waals surface area contributed by atoms with Crippen LogP contribution in [0.4, 0.5) is 0 Å². The molecule has 3 heteroatoms. The fraction of sp³-hybridized carbons (Fsp3) is 0.188. The Morgan fingerprint density at radius 2 is 1.37 bits per heavy atom. The number of hydrogen-bond acceptors (Lipinski definition) is 1. The second-order valence-corrected chi connectivity index (χ2v) is 5.75. The number of benzene rings is 2. The molecule has 98 valence electrons. The van der Waals surface area contributed by atoms with Gasteiger partial charge in [0.15, 0.2) is 0 Å². The number of alkyl halides is 1. The van der Waals surface area contributed by atoms with E-state index in [2.05, 4.69) is 21.2 Å². The van der Waals surface area contributed by atoms with Gasteiger partial charge < -0.3 is 5.32 Å². The maximum Gasteiger partial charge on any atom is 0.234 e. The molecule has 0 aromatic heterocycles. The molecule has 0 spiro atoms. The monoisotopic (exact) mass is 317 g/mol. The van der Waals surface area contributed by atoms with E-state index in [1.54, 1.807) is 0 Å². The van der Waals surface area contributed by atoms with E-state index >= 15 is 0 Å². The quantitative estimate of drug-likeness (QED) is 0.856. The zero-order valence-electron chi connectivity index (χ0n) is 10.7. The zero-order chi connectivity index (χ0) is 13.7. The van der Waals surface area contributed by atoms with Crippen LogP contribution in [0.15, 0.2) is 60.7 Å². The molecule has 0 aliphatic carbocycles. The van der Waals surface area contributed by atoms with Crippen LogP contribution >= 0.6 is 15.9 Å². The molecule has 2 aromatic carbocycles. The topological polar surface area (TPSA) is 29.1 Å². The Bertz CT molecular complexity index is 485. The third-order valence-corrected chi connectivity index (χ3v) is 3.33. The predicted octanol–water partition coefficient (Wildman–Crippen LogP) is 3.68. The highest BCUT2D eigenvalue weighted by Crippen LogP contribution is 2.22. The smallest absolute Gasteiger partial charge is 0.234 e. The SMILES string of the molecule is CC(Br)C(=O)NC(c1ccccc1)c1ccccc1. The van der Waals surface area contributed by atoms with Gasteiger partial charge in [0.1, 0.15) is 0 Å². The van der Waals surface area contributed by atoms with E-state index in [0.717, 1.165) is 11.1 Å². The number of amides is 1. The van der Waals surface area contributed by atoms with Gasteiger partial charge in [0.05, 0.1) is 10.9 Å². The lowest BCUT2D eigenvalue weighted by molar-refractivity contribution is -0.120. The van der Waals surface area contributed by atoms with Crippen molar-refractivity contribution in [2.24, 2.45) is 0 Å². The van der Waals surface area contributed by atoms with Crippen molar-refractivity contribution in [1.29, 1.82) is 0 Å². The molecular formula is C16H16BrNO. The van der Waals surface area contributed by atoms with Gasteiger partial charge in [-0.3, -0.25) is 4.79 Å². The first-order chi connectivity index (χ1) is 9.18. The van der Waals surface area contributed by atoms with Crippen LogP contribution in [-0.2, 0) is 4.79 Å². The van der Waals surface area contributed by atoms with Gasteiger partial charge in [-0.2, -0.15) is 0 Å². The van der Waals surface area contributed by atoms with Gasteiger partial charge in [0.25, 0.3) is 0 Å². The van der Waals surface area contributed by atoms with Crippen LogP contribution in [0, 0.1) is 0 Å². The standard InChI is InChI=1S/C16H16BrNO/c1-12(17)16(19)18-15(13-8-4-2-5-9-13)14-10-6-3-7-11-14/h2-12,15H,1H3,(H,18,19). The van der Waals surface area contributed by atoms with Gasteiger partial charge in [-0.1, -0.05) is 76.6 Å². The Kier molecular flexibility index (Phi) is 4.74. The van der Waals surface area contributed by atoms with Gasteiger partial charge in [0.2, 0.25) is 5.91 Å². The van der Waals surface area contributed by atoms with E-state index in [-0.39, 0.29) is 16.8 Å². The van der Waals surface area contributed by atoms with Crippen molar-refractivity contribution in [3.05, 3.63) is 71.8 Å². The molecule has 1 amide bonds. The summed E-state index contributed by atoms with van der Waals surface area (Å²) < 4.78 is 0.